The van der Waals surface area contributed by atoms with Crippen LogP contribution in [0.25, 0.3) is 0 Å². The molecule has 0 spiro atoms. The van der Waals surface area contributed by atoms with E-state index < -0.39 is 10.1 Å². The first-order valence-corrected chi connectivity index (χ1v) is 7.97. The number of benzene rings is 2. The lowest BCUT2D eigenvalue weighted by Crippen LogP contribution is -2.10. The van der Waals surface area contributed by atoms with Crippen LogP contribution >= 0.6 is 15.9 Å². The molecule has 0 saturated heterocycles. The maximum absolute atomic E-state index is 12.2. The van der Waals surface area contributed by atoms with Crippen LogP contribution in [0.4, 0.5) is 0 Å². The van der Waals surface area contributed by atoms with E-state index in [2.05, 4.69) is 15.9 Å². The normalized spacial score (nSPS) is 11.2. The van der Waals surface area contributed by atoms with Gasteiger partial charge in [0.2, 0.25) is 0 Å². The van der Waals surface area contributed by atoms with Gasteiger partial charge in [-0.15, -0.1) is 0 Å². The third-order valence-corrected chi connectivity index (χ3v) is 4.50. The highest BCUT2D eigenvalue weighted by molar-refractivity contribution is 9.10. The first-order valence-electron chi connectivity index (χ1n) is 5.77. The van der Waals surface area contributed by atoms with Gasteiger partial charge in [0.25, 0.3) is 0 Å². The summed E-state index contributed by atoms with van der Waals surface area (Å²) in [5.41, 5.74) is 1.01. The fourth-order valence-corrected chi connectivity index (χ4v) is 3.21. The molecule has 0 aromatic heterocycles. The Bertz CT molecular complexity index is 708. The van der Waals surface area contributed by atoms with Crippen molar-refractivity contribution < 1.29 is 17.3 Å². The molecule has 0 saturated carbocycles. The van der Waals surface area contributed by atoms with Crippen LogP contribution < -0.4 is 8.92 Å². The Balaban J connectivity index is 2.30. The molecule has 0 atom stereocenters. The second-order valence-corrected chi connectivity index (χ2v) is 6.55. The van der Waals surface area contributed by atoms with Crippen LogP contribution in [-0.2, 0) is 10.1 Å². The van der Waals surface area contributed by atoms with Gasteiger partial charge in [-0.3, -0.25) is 0 Å². The molecule has 0 N–H and O–H groups in total. The van der Waals surface area contributed by atoms with Crippen molar-refractivity contribution in [3.05, 3.63) is 52.5 Å². The number of hydrogen-bond acceptors (Lipinski definition) is 4. The molecule has 2 aromatic rings. The Labute approximate surface area is 126 Å². The smallest absolute Gasteiger partial charge is 0.339 e. The van der Waals surface area contributed by atoms with Gasteiger partial charge < -0.3 is 8.92 Å². The predicted octanol–water partition coefficient (Wildman–Crippen LogP) is 3.53. The zero-order valence-electron chi connectivity index (χ0n) is 11.0. The number of rotatable bonds is 4. The summed E-state index contributed by atoms with van der Waals surface area (Å²) >= 11 is 3.29. The quantitative estimate of drug-likeness (QED) is 0.786. The molecule has 0 amide bonds. The zero-order chi connectivity index (χ0) is 14.8. The van der Waals surface area contributed by atoms with Gasteiger partial charge in [0, 0.05) is 0 Å². The number of hydrogen-bond donors (Lipinski definition) is 0. The lowest BCUT2D eigenvalue weighted by atomic mass is 10.2. The summed E-state index contributed by atoms with van der Waals surface area (Å²) in [5, 5.41) is 0. The van der Waals surface area contributed by atoms with E-state index in [9.17, 15) is 8.42 Å². The summed E-state index contributed by atoms with van der Waals surface area (Å²) in [6.45, 7) is 1.91. The Hall–Kier alpha value is -1.53. The van der Waals surface area contributed by atoms with Gasteiger partial charge >= 0.3 is 10.1 Å². The Morgan fingerprint density at radius 2 is 1.70 bits per heavy atom. The third-order valence-electron chi connectivity index (χ3n) is 2.63. The first kappa shape index (κ1) is 14.9. The maximum Gasteiger partial charge on any atom is 0.339 e. The Morgan fingerprint density at radius 3 is 2.25 bits per heavy atom. The van der Waals surface area contributed by atoms with E-state index >= 15 is 0 Å². The van der Waals surface area contributed by atoms with Gasteiger partial charge in [-0.25, -0.2) is 0 Å². The molecule has 0 radical (unpaired) electrons. The van der Waals surface area contributed by atoms with E-state index in [-0.39, 0.29) is 10.6 Å². The van der Waals surface area contributed by atoms with Crippen molar-refractivity contribution in [1.82, 2.24) is 0 Å². The van der Waals surface area contributed by atoms with E-state index in [1.165, 1.54) is 19.2 Å². The van der Waals surface area contributed by atoms with Crippen molar-refractivity contribution in [3.63, 3.8) is 0 Å². The summed E-state index contributed by atoms with van der Waals surface area (Å²) in [7, 11) is -2.34. The van der Waals surface area contributed by atoms with Gasteiger partial charge in [0.05, 0.1) is 11.6 Å². The molecule has 20 heavy (non-hydrogen) atoms. The van der Waals surface area contributed by atoms with Crippen LogP contribution in [0.1, 0.15) is 5.56 Å². The molecule has 0 aliphatic carbocycles. The van der Waals surface area contributed by atoms with E-state index in [0.717, 1.165) is 5.56 Å². The number of ether oxygens (including phenoxy) is 1. The minimum absolute atomic E-state index is 0.0748. The number of aryl methyl sites for hydroxylation is 1. The lowest BCUT2D eigenvalue weighted by Gasteiger charge is -2.09. The second kappa shape index (κ2) is 5.85. The van der Waals surface area contributed by atoms with Crippen molar-refractivity contribution >= 4 is 26.0 Å². The van der Waals surface area contributed by atoms with Crippen LogP contribution in [-0.4, -0.2) is 15.5 Å². The minimum Gasteiger partial charge on any atom is -0.497 e. The second-order valence-electron chi connectivity index (χ2n) is 4.15. The van der Waals surface area contributed by atoms with E-state index in [0.29, 0.717) is 10.2 Å². The molecule has 6 heteroatoms. The van der Waals surface area contributed by atoms with Gasteiger partial charge in [0.1, 0.15) is 10.6 Å². The summed E-state index contributed by atoms with van der Waals surface area (Å²) in [5.74, 6) is 0.840. The Kier molecular flexibility index (Phi) is 4.35. The monoisotopic (exact) mass is 356 g/mol. The molecular weight excluding hydrogens is 344 g/mol. The molecular formula is C14H13BrO4S. The highest BCUT2D eigenvalue weighted by Gasteiger charge is 2.18. The first-order chi connectivity index (χ1) is 9.42. The van der Waals surface area contributed by atoms with Crippen LogP contribution in [0.15, 0.2) is 51.8 Å². The minimum atomic E-state index is -3.86. The molecule has 0 fully saturated rings. The Morgan fingerprint density at radius 1 is 1.05 bits per heavy atom. The van der Waals surface area contributed by atoms with E-state index in [1.807, 2.05) is 6.92 Å². The molecule has 0 unspecified atom stereocenters. The van der Waals surface area contributed by atoms with Crippen molar-refractivity contribution in [1.29, 1.82) is 0 Å². The average molecular weight is 357 g/mol. The summed E-state index contributed by atoms with van der Waals surface area (Å²) < 4.78 is 35.0. The summed E-state index contributed by atoms with van der Waals surface area (Å²) in [4.78, 5) is 0.0748. The van der Waals surface area contributed by atoms with Crippen molar-refractivity contribution in [2.24, 2.45) is 0 Å². The highest BCUT2D eigenvalue weighted by atomic mass is 79.9. The third kappa shape index (κ3) is 3.32. The molecule has 0 aliphatic heterocycles. The predicted molar refractivity (Wildman–Crippen MR) is 79.7 cm³/mol. The topological polar surface area (TPSA) is 52.6 Å². The van der Waals surface area contributed by atoms with Crippen LogP contribution in [0.3, 0.4) is 0 Å². The molecule has 2 aromatic carbocycles. The largest absolute Gasteiger partial charge is 0.497 e. The van der Waals surface area contributed by atoms with Gasteiger partial charge in [-0.2, -0.15) is 8.42 Å². The molecule has 4 nitrogen and oxygen atoms in total. The van der Waals surface area contributed by atoms with Gasteiger partial charge in [0.15, 0.2) is 5.75 Å². The summed E-state index contributed by atoms with van der Waals surface area (Å²) in [6.07, 6.45) is 0. The zero-order valence-corrected chi connectivity index (χ0v) is 13.4. The average Bonchev–Trinajstić information content (AvgIpc) is 2.42. The van der Waals surface area contributed by atoms with Gasteiger partial charge in [-0.05, 0) is 64.8 Å². The summed E-state index contributed by atoms with van der Waals surface area (Å²) in [6, 6.07) is 11.2. The SMILES string of the molecule is COc1ccc(S(=O)(=O)Oc2ccc(C)cc2Br)cc1. The van der Waals surface area contributed by atoms with E-state index in [1.54, 1.807) is 30.3 Å². The molecule has 2 rings (SSSR count). The van der Waals surface area contributed by atoms with Crippen molar-refractivity contribution in [3.8, 4) is 11.5 Å². The van der Waals surface area contributed by atoms with E-state index in [4.69, 9.17) is 8.92 Å². The van der Waals surface area contributed by atoms with Crippen LogP contribution in [0.2, 0.25) is 0 Å². The van der Waals surface area contributed by atoms with Crippen LogP contribution in [0, 0.1) is 6.92 Å². The maximum atomic E-state index is 12.2. The number of halogens is 1. The van der Waals surface area contributed by atoms with Crippen molar-refractivity contribution in [2.75, 3.05) is 7.11 Å². The molecule has 106 valence electrons. The molecule has 0 heterocycles. The molecule has 0 aliphatic rings. The lowest BCUT2D eigenvalue weighted by molar-refractivity contribution is 0.414. The van der Waals surface area contributed by atoms with Crippen LogP contribution in [0.5, 0.6) is 11.5 Å². The van der Waals surface area contributed by atoms with Gasteiger partial charge in [-0.1, -0.05) is 6.07 Å². The standard InChI is InChI=1S/C14H13BrO4S/c1-10-3-8-14(13(15)9-10)19-20(16,17)12-6-4-11(18-2)5-7-12/h3-9H,1-2H3. The van der Waals surface area contributed by atoms with Crippen molar-refractivity contribution in [2.45, 2.75) is 11.8 Å². The number of methoxy groups -OCH3 is 1. The fraction of sp³-hybridized carbons (Fsp3) is 0.143. The fourth-order valence-electron chi connectivity index (χ4n) is 1.58. The highest BCUT2D eigenvalue weighted by Crippen LogP contribution is 2.29. The molecule has 0 bridgehead atoms.